The number of hydrogen-bond donors (Lipinski definition) is 2. The van der Waals surface area contributed by atoms with Crippen LogP contribution in [-0.4, -0.2) is 39.8 Å². The number of rotatable bonds is 6. The highest BCUT2D eigenvalue weighted by Gasteiger charge is 2.27. The summed E-state index contributed by atoms with van der Waals surface area (Å²) in [6.45, 7) is 7.64. The quantitative estimate of drug-likeness (QED) is 0.698. The third kappa shape index (κ3) is 5.95. The second-order valence-electron chi connectivity index (χ2n) is 7.67. The van der Waals surface area contributed by atoms with Crippen molar-refractivity contribution < 1.29 is 19.1 Å². The van der Waals surface area contributed by atoms with E-state index in [4.69, 9.17) is 16.3 Å². The van der Waals surface area contributed by atoms with Crippen molar-refractivity contribution in [2.75, 3.05) is 0 Å². The molecule has 1 aromatic heterocycles. The molecule has 1 heterocycles. The van der Waals surface area contributed by atoms with Crippen LogP contribution in [-0.2, 0) is 16.1 Å². The number of aromatic nitrogens is 2. The lowest BCUT2D eigenvalue weighted by Gasteiger charge is -2.23. The number of amides is 3. The monoisotopic (exact) mass is 412 g/mol. The van der Waals surface area contributed by atoms with Gasteiger partial charge in [-0.2, -0.15) is 5.10 Å². The first-order valence-electron chi connectivity index (χ1n) is 9.74. The van der Waals surface area contributed by atoms with Gasteiger partial charge >= 0.3 is 12.0 Å². The Morgan fingerprint density at radius 1 is 1.21 bits per heavy atom. The second-order valence-corrected chi connectivity index (χ2v) is 8.03. The molecule has 0 spiro atoms. The Morgan fingerprint density at radius 3 is 2.46 bits per heavy atom. The van der Waals surface area contributed by atoms with E-state index in [0.717, 1.165) is 25.7 Å². The maximum atomic E-state index is 12.5. The first-order chi connectivity index (χ1) is 13.2. The average molecular weight is 413 g/mol. The third-order valence-electron chi connectivity index (χ3n) is 4.64. The molecule has 1 aliphatic carbocycles. The van der Waals surface area contributed by atoms with Gasteiger partial charge < -0.3 is 10.1 Å². The molecule has 9 heteroatoms. The van der Waals surface area contributed by atoms with Gasteiger partial charge in [0.25, 0.3) is 5.91 Å². The van der Waals surface area contributed by atoms with Crippen molar-refractivity contribution >= 4 is 29.5 Å². The molecule has 0 aliphatic heterocycles. The zero-order valence-electron chi connectivity index (χ0n) is 16.9. The van der Waals surface area contributed by atoms with Crippen LogP contribution in [0, 0.1) is 12.8 Å². The van der Waals surface area contributed by atoms with Crippen molar-refractivity contribution in [2.45, 2.75) is 78.5 Å². The van der Waals surface area contributed by atoms with Gasteiger partial charge in [-0.25, -0.2) is 9.59 Å². The average Bonchev–Trinajstić information content (AvgIpc) is 2.88. The Hall–Kier alpha value is -2.09. The van der Waals surface area contributed by atoms with Crippen molar-refractivity contribution in [3.05, 3.63) is 16.4 Å². The highest BCUT2D eigenvalue weighted by molar-refractivity contribution is 6.32. The molecule has 0 radical (unpaired) electrons. The van der Waals surface area contributed by atoms with E-state index >= 15 is 0 Å². The summed E-state index contributed by atoms with van der Waals surface area (Å²) < 4.78 is 6.74. The van der Waals surface area contributed by atoms with Gasteiger partial charge in [-0.1, -0.05) is 44.7 Å². The van der Waals surface area contributed by atoms with Crippen LogP contribution in [0.4, 0.5) is 4.79 Å². The van der Waals surface area contributed by atoms with Crippen molar-refractivity contribution in [2.24, 2.45) is 5.92 Å². The topological polar surface area (TPSA) is 102 Å². The Kier molecular flexibility index (Phi) is 7.86. The summed E-state index contributed by atoms with van der Waals surface area (Å²) in [5.74, 6) is -1.13. The number of halogens is 1. The number of hydrogen-bond acceptors (Lipinski definition) is 5. The molecule has 0 saturated heterocycles. The molecule has 8 nitrogen and oxygen atoms in total. The van der Waals surface area contributed by atoms with Gasteiger partial charge in [0.15, 0.2) is 6.10 Å². The predicted octanol–water partition coefficient (Wildman–Crippen LogP) is 3.20. The van der Waals surface area contributed by atoms with Gasteiger partial charge in [-0.05, 0) is 32.6 Å². The molecule has 156 valence electrons. The SMILES string of the molecule is Cc1nn(CC(C)C)c(Cl)c1C(=O)O[C@@H](C)C(=O)NC(=O)NC1CCCCC1. The molecule has 2 rings (SSSR count). The van der Waals surface area contributed by atoms with Gasteiger partial charge in [-0.3, -0.25) is 14.8 Å². The van der Waals surface area contributed by atoms with E-state index in [2.05, 4.69) is 15.7 Å². The van der Waals surface area contributed by atoms with Crippen molar-refractivity contribution in [3.8, 4) is 0 Å². The van der Waals surface area contributed by atoms with Crippen LogP contribution >= 0.6 is 11.6 Å². The van der Waals surface area contributed by atoms with Crippen LogP contribution in [0.1, 0.15) is 68.9 Å². The largest absolute Gasteiger partial charge is 0.449 e. The maximum absolute atomic E-state index is 12.5. The lowest BCUT2D eigenvalue weighted by atomic mass is 9.96. The van der Waals surface area contributed by atoms with Crippen LogP contribution in [0.15, 0.2) is 0 Å². The number of carbonyl (C=O) groups excluding carboxylic acids is 3. The van der Waals surface area contributed by atoms with Crippen LogP contribution in [0.2, 0.25) is 5.15 Å². The Balaban J connectivity index is 1.91. The Labute approximate surface area is 170 Å². The lowest BCUT2D eigenvalue weighted by molar-refractivity contribution is -0.127. The standard InChI is InChI=1S/C19H29ClN4O4/c1-11(2)10-24-16(20)15(12(3)23-24)18(26)28-13(4)17(25)22-19(27)21-14-8-6-5-7-9-14/h11,13-14H,5-10H2,1-4H3,(H2,21,22,25,27)/t13-/m0/s1. The minimum Gasteiger partial charge on any atom is -0.449 e. The van der Waals surface area contributed by atoms with Crippen molar-refractivity contribution in [1.29, 1.82) is 0 Å². The van der Waals surface area contributed by atoms with Crippen molar-refractivity contribution in [1.82, 2.24) is 20.4 Å². The normalized spacial score (nSPS) is 15.9. The van der Waals surface area contributed by atoms with E-state index in [1.807, 2.05) is 13.8 Å². The van der Waals surface area contributed by atoms with E-state index in [1.54, 1.807) is 11.6 Å². The van der Waals surface area contributed by atoms with E-state index in [1.165, 1.54) is 13.3 Å². The molecular weight excluding hydrogens is 384 g/mol. The van der Waals surface area contributed by atoms with Crippen LogP contribution < -0.4 is 10.6 Å². The first-order valence-corrected chi connectivity index (χ1v) is 10.1. The molecule has 28 heavy (non-hydrogen) atoms. The smallest absolute Gasteiger partial charge is 0.343 e. The molecule has 0 aromatic carbocycles. The lowest BCUT2D eigenvalue weighted by Crippen LogP contribution is -2.48. The number of ether oxygens (including phenoxy) is 1. The number of nitrogens with zero attached hydrogens (tertiary/aromatic N) is 2. The second kappa shape index (κ2) is 9.91. The highest BCUT2D eigenvalue weighted by atomic mass is 35.5. The van der Waals surface area contributed by atoms with Crippen LogP contribution in [0.25, 0.3) is 0 Å². The molecule has 1 saturated carbocycles. The fourth-order valence-electron chi connectivity index (χ4n) is 3.21. The summed E-state index contributed by atoms with van der Waals surface area (Å²) in [6.07, 6.45) is 3.97. The fraction of sp³-hybridized carbons (Fsp3) is 0.684. The number of carbonyl (C=O) groups is 3. The van der Waals surface area contributed by atoms with Gasteiger partial charge in [-0.15, -0.1) is 0 Å². The van der Waals surface area contributed by atoms with E-state index in [0.29, 0.717) is 18.2 Å². The molecule has 3 amide bonds. The number of nitrogens with one attached hydrogen (secondary N) is 2. The minimum atomic E-state index is -1.14. The summed E-state index contributed by atoms with van der Waals surface area (Å²) in [4.78, 5) is 36.6. The van der Waals surface area contributed by atoms with Crippen LogP contribution in [0.3, 0.4) is 0 Å². The minimum absolute atomic E-state index is 0.0765. The molecule has 1 atom stereocenters. The maximum Gasteiger partial charge on any atom is 0.343 e. The Bertz CT molecular complexity index is 726. The zero-order valence-corrected chi connectivity index (χ0v) is 17.6. The molecule has 0 unspecified atom stereocenters. The van der Waals surface area contributed by atoms with E-state index in [-0.39, 0.29) is 16.8 Å². The zero-order chi connectivity index (χ0) is 20.8. The fourth-order valence-corrected chi connectivity index (χ4v) is 3.53. The summed E-state index contributed by atoms with van der Waals surface area (Å²) >= 11 is 6.26. The summed E-state index contributed by atoms with van der Waals surface area (Å²) in [6, 6.07) is -0.494. The van der Waals surface area contributed by atoms with Gasteiger partial charge in [0.2, 0.25) is 0 Å². The molecule has 1 aliphatic rings. The number of esters is 1. The summed E-state index contributed by atoms with van der Waals surface area (Å²) in [5.41, 5.74) is 0.562. The highest BCUT2D eigenvalue weighted by Crippen LogP contribution is 2.22. The van der Waals surface area contributed by atoms with E-state index in [9.17, 15) is 14.4 Å². The van der Waals surface area contributed by atoms with Gasteiger partial charge in [0, 0.05) is 12.6 Å². The molecule has 1 fully saturated rings. The summed E-state index contributed by atoms with van der Waals surface area (Å²) in [7, 11) is 0. The van der Waals surface area contributed by atoms with Crippen LogP contribution in [0.5, 0.6) is 0 Å². The Morgan fingerprint density at radius 2 is 1.86 bits per heavy atom. The molecule has 2 N–H and O–H groups in total. The molecule has 1 aromatic rings. The number of aryl methyl sites for hydroxylation is 1. The van der Waals surface area contributed by atoms with Gasteiger partial charge in [0.1, 0.15) is 10.7 Å². The number of imide groups is 1. The van der Waals surface area contributed by atoms with Crippen molar-refractivity contribution in [3.63, 3.8) is 0 Å². The number of urea groups is 1. The summed E-state index contributed by atoms with van der Waals surface area (Å²) in [5, 5.41) is 9.44. The first kappa shape index (κ1) is 22.2. The predicted molar refractivity (Wildman–Crippen MR) is 105 cm³/mol. The molecule has 0 bridgehead atoms. The third-order valence-corrected chi connectivity index (χ3v) is 5.02. The molecular formula is C19H29ClN4O4. The van der Waals surface area contributed by atoms with Gasteiger partial charge in [0.05, 0.1) is 5.69 Å². The van der Waals surface area contributed by atoms with E-state index < -0.39 is 24.0 Å².